The molecule has 1 saturated carbocycles. The molecule has 2 aliphatic rings. The number of amides is 1. The van der Waals surface area contributed by atoms with Gasteiger partial charge in [-0.1, -0.05) is 0 Å². The highest BCUT2D eigenvalue weighted by atomic mass is 16.6. The van der Waals surface area contributed by atoms with Crippen LogP contribution >= 0.6 is 0 Å². The molecular formula is C16H25NO4. The largest absolute Gasteiger partial charge is 0.444 e. The van der Waals surface area contributed by atoms with Crippen LogP contribution in [0.15, 0.2) is 0 Å². The molecule has 5 nitrogen and oxygen atoms in total. The molecule has 1 amide bonds. The lowest BCUT2D eigenvalue weighted by Gasteiger charge is -2.31. The van der Waals surface area contributed by atoms with Gasteiger partial charge in [-0.15, -0.1) is 0 Å². The zero-order valence-corrected chi connectivity index (χ0v) is 13.2. The quantitative estimate of drug-likeness (QED) is 0.551. The van der Waals surface area contributed by atoms with E-state index in [4.69, 9.17) is 4.74 Å². The summed E-state index contributed by atoms with van der Waals surface area (Å²) in [6.07, 6.45) is 3.59. The third-order valence-electron chi connectivity index (χ3n) is 4.10. The number of hydrogen-bond donors (Lipinski definition) is 0. The average molecular weight is 295 g/mol. The summed E-state index contributed by atoms with van der Waals surface area (Å²) in [6, 6.07) is -0.307. The molecule has 0 aromatic rings. The van der Waals surface area contributed by atoms with Gasteiger partial charge in [-0.25, -0.2) is 4.79 Å². The molecule has 2 rings (SSSR count). The van der Waals surface area contributed by atoms with Gasteiger partial charge in [0.15, 0.2) is 0 Å². The van der Waals surface area contributed by atoms with Crippen molar-refractivity contribution in [3.8, 4) is 0 Å². The molecule has 0 aromatic heterocycles. The van der Waals surface area contributed by atoms with Gasteiger partial charge in [0.2, 0.25) is 0 Å². The van der Waals surface area contributed by atoms with Crippen molar-refractivity contribution in [1.82, 2.24) is 4.90 Å². The Hall–Kier alpha value is -1.39. The standard InChI is InChI=1S/C16H25NO4/c1-16(2,3)21-15(20)17-10-6-7-11(17)14-12(18)8-4-5-9-13(14)19/h11,14H,4-10H2,1-3H3. The van der Waals surface area contributed by atoms with Gasteiger partial charge >= 0.3 is 6.09 Å². The molecule has 1 unspecified atom stereocenters. The normalized spacial score (nSPS) is 25.1. The highest BCUT2D eigenvalue weighted by Crippen LogP contribution is 2.31. The Kier molecular flexibility index (Phi) is 4.69. The SMILES string of the molecule is CC(C)(C)OC(=O)N1CCCC1C1C(=O)CCCCC1=O. The second kappa shape index (κ2) is 6.16. The Morgan fingerprint density at radius 3 is 2.19 bits per heavy atom. The van der Waals surface area contributed by atoms with Crippen LogP contribution in [0.25, 0.3) is 0 Å². The van der Waals surface area contributed by atoms with Crippen molar-refractivity contribution in [2.24, 2.45) is 5.92 Å². The van der Waals surface area contributed by atoms with E-state index in [1.165, 1.54) is 0 Å². The van der Waals surface area contributed by atoms with E-state index >= 15 is 0 Å². The maximum atomic E-state index is 12.3. The lowest BCUT2D eigenvalue weighted by molar-refractivity contribution is -0.134. The number of Topliss-reactive ketones (excluding diaryl/α,β-unsaturated/α-hetero) is 2. The molecule has 1 atom stereocenters. The molecular weight excluding hydrogens is 270 g/mol. The van der Waals surface area contributed by atoms with Crippen LogP contribution < -0.4 is 0 Å². The highest BCUT2D eigenvalue weighted by molar-refractivity contribution is 6.04. The summed E-state index contributed by atoms with van der Waals surface area (Å²) < 4.78 is 5.41. The predicted octanol–water partition coefficient (Wildman–Crippen LogP) is 2.71. The van der Waals surface area contributed by atoms with Gasteiger partial charge in [0.1, 0.15) is 17.2 Å². The van der Waals surface area contributed by atoms with Gasteiger partial charge in [-0.05, 0) is 46.5 Å². The van der Waals surface area contributed by atoms with E-state index in [1.54, 1.807) is 4.90 Å². The first-order chi connectivity index (χ1) is 9.79. The number of nitrogens with zero attached hydrogens (tertiary/aromatic N) is 1. The van der Waals surface area contributed by atoms with Crippen molar-refractivity contribution in [3.63, 3.8) is 0 Å². The topological polar surface area (TPSA) is 63.7 Å². The summed E-state index contributed by atoms with van der Waals surface area (Å²) in [5.74, 6) is -0.640. The first-order valence-corrected chi connectivity index (χ1v) is 7.84. The van der Waals surface area contributed by atoms with E-state index in [9.17, 15) is 14.4 Å². The fourth-order valence-electron chi connectivity index (χ4n) is 3.20. The minimum Gasteiger partial charge on any atom is -0.444 e. The number of carbonyl (C=O) groups is 3. The summed E-state index contributed by atoms with van der Waals surface area (Å²) in [7, 11) is 0. The second-order valence-corrected chi connectivity index (χ2v) is 7.00. The van der Waals surface area contributed by atoms with Gasteiger partial charge in [-0.2, -0.15) is 0 Å². The van der Waals surface area contributed by atoms with Crippen molar-refractivity contribution in [2.75, 3.05) is 6.54 Å². The van der Waals surface area contributed by atoms with E-state index in [-0.39, 0.29) is 17.6 Å². The molecule has 0 spiro atoms. The number of hydrogen-bond acceptors (Lipinski definition) is 4. The van der Waals surface area contributed by atoms with E-state index in [0.717, 1.165) is 19.3 Å². The molecule has 1 aliphatic heterocycles. The highest BCUT2D eigenvalue weighted by Gasteiger charge is 2.43. The molecule has 0 aromatic carbocycles. The number of likely N-dealkylation sites (tertiary alicyclic amines) is 1. The molecule has 0 N–H and O–H groups in total. The van der Waals surface area contributed by atoms with E-state index < -0.39 is 17.6 Å². The average Bonchev–Trinajstić information content (AvgIpc) is 2.75. The minimum atomic E-state index is -0.637. The van der Waals surface area contributed by atoms with Gasteiger partial charge < -0.3 is 9.64 Å². The van der Waals surface area contributed by atoms with Crippen LogP contribution in [-0.2, 0) is 14.3 Å². The number of ketones is 2. The third-order valence-corrected chi connectivity index (χ3v) is 4.10. The van der Waals surface area contributed by atoms with Crippen LogP contribution in [0.2, 0.25) is 0 Å². The van der Waals surface area contributed by atoms with Crippen LogP contribution in [0.4, 0.5) is 4.79 Å². The van der Waals surface area contributed by atoms with E-state index in [0.29, 0.717) is 25.8 Å². The maximum absolute atomic E-state index is 12.3. The predicted molar refractivity (Wildman–Crippen MR) is 77.9 cm³/mol. The molecule has 1 saturated heterocycles. The van der Waals surface area contributed by atoms with Gasteiger partial charge in [0.25, 0.3) is 0 Å². The van der Waals surface area contributed by atoms with Crippen LogP contribution in [0.1, 0.15) is 59.3 Å². The Balaban J connectivity index is 2.15. The summed E-state index contributed by atoms with van der Waals surface area (Å²) in [5, 5.41) is 0. The Labute approximate surface area is 126 Å². The van der Waals surface area contributed by atoms with Crippen LogP contribution in [-0.4, -0.2) is 40.7 Å². The zero-order chi connectivity index (χ0) is 15.6. The van der Waals surface area contributed by atoms with Crippen molar-refractivity contribution in [2.45, 2.75) is 70.9 Å². The molecule has 1 heterocycles. The molecule has 21 heavy (non-hydrogen) atoms. The molecule has 2 fully saturated rings. The number of carbonyl (C=O) groups excluding carboxylic acids is 3. The van der Waals surface area contributed by atoms with Crippen molar-refractivity contribution in [1.29, 1.82) is 0 Å². The van der Waals surface area contributed by atoms with Crippen molar-refractivity contribution >= 4 is 17.7 Å². The summed E-state index contributed by atoms with van der Waals surface area (Å²) in [6.45, 7) is 6.02. The molecule has 0 bridgehead atoms. The Morgan fingerprint density at radius 1 is 1.10 bits per heavy atom. The minimum absolute atomic E-state index is 0.00189. The van der Waals surface area contributed by atoms with Crippen LogP contribution in [0.5, 0.6) is 0 Å². The molecule has 1 aliphatic carbocycles. The maximum Gasteiger partial charge on any atom is 0.410 e. The molecule has 0 radical (unpaired) electrons. The van der Waals surface area contributed by atoms with Gasteiger partial charge in [0, 0.05) is 19.4 Å². The van der Waals surface area contributed by atoms with Crippen LogP contribution in [0, 0.1) is 5.92 Å². The van der Waals surface area contributed by atoms with E-state index in [2.05, 4.69) is 0 Å². The first kappa shape index (κ1) is 16.0. The Morgan fingerprint density at radius 2 is 1.67 bits per heavy atom. The smallest absolute Gasteiger partial charge is 0.410 e. The Bertz CT molecular complexity index is 420. The molecule has 118 valence electrons. The van der Waals surface area contributed by atoms with Crippen molar-refractivity contribution in [3.05, 3.63) is 0 Å². The summed E-state index contributed by atoms with van der Waals surface area (Å²) in [4.78, 5) is 38.4. The van der Waals surface area contributed by atoms with Crippen molar-refractivity contribution < 1.29 is 19.1 Å². The lowest BCUT2D eigenvalue weighted by Crippen LogP contribution is -2.47. The number of ether oxygens (including phenoxy) is 1. The fraction of sp³-hybridized carbons (Fsp3) is 0.812. The zero-order valence-electron chi connectivity index (χ0n) is 13.2. The lowest BCUT2D eigenvalue weighted by atomic mass is 9.88. The molecule has 5 heteroatoms. The fourth-order valence-corrected chi connectivity index (χ4v) is 3.20. The third kappa shape index (κ3) is 3.83. The second-order valence-electron chi connectivity index (χ2n) is 7.00. The van der Waals surface area contributed by atoms with E-state index in [1.807, 2.05) is 20.8 Å². The van der Waals surface area contributed by atoms with Crippen LogP contribution in [0.3, 0.4) is 0 Å². The summed E-state index contributed by atoms with van der Waals surface area (Å²) >= 11 is 0. The number of rotatable bonds is 1. The summed E-state index contributed by atoms with van der Waals surface area (Å²) in [5.41, 5.74) is -0.568. The van der Waals surface area contributed by atoms with Gasteiger partial charge in [-0.3, -0.25) is 9.59 Å². The monoisotopic (exact) mass is 295 g/mol. The first-order valence-electron chi connectivity index (χ1n) is 7.84. The van der Waals surface area contributed by atoms with Gasteiger partial charge in [0.05, 0.1) is 12.0 Å².